The van der Waals surface area contributed by atoms with Crippen LogP contribution in [0, 0.1) is 0 Å². The Balaban J connectivity index is 1.95. The number of hydrogen-bond donors (Lipinski definition) is 3. The van der Waals surface area contributed by atoms with Gasteiger partial charge in [-0.1, -0.05) is 6.07 Å². The van der Waals surface area contributed by atoms with E-state index in [-0.39, 0.29) is 29.3 Å². The van der Waals surface area contributed by atoms with Crippen molar-refractivity contribution in [2.45, 2.75) is 12.8 Å². The van der Waals surface area contributed by atoms with Crippen LogP contribution in [0.3, 0.4) is 0 Å². The Morgan fingerprint density at radius 3 is 2.67 bits per heavy atom. The summed E-state index contributed by atoms with van der Waals surface area (Å²) in [6.07, 6.45) is 4.12. The van der Waals surface area contributed by atoms with Crippen molar-refractivity contribution < 1.29 is 19.8 Å². The van der Waals surface area contributed by atoms with Gasteiger partial charge in [0.25, 0.3) is 0 Å². The predicted molar refractivity (Wildman–Crippen MR) is 76.3 cm³/mol. The van der Waals surface area contributed by atoms with Crippen LogP contribution in [0.25, 0.3) is 0 Å². The Bertz CT molecular complexity index is 656. The maximum absolute atomic E-state index is 11.8. The van der Waals surface area contributed by atoms with Crippen LogP contribution in [0.5, 0.6) is 5.75 Å². The largest absolute Gasteiger partial charge is 0.506 e. The van der Waals surface area contributed by atoms with E-state index in [1.165, 1.54) is 12.1 Å². The van der Waals surface area contributed by atoms with E-state index in [1.54, 1.807) is 18.5 Å². The summed E-state index contributed by atoms with van der Waals surface area (Å²) in [6, 6.07) is 7.45. The lowest BCUT2D eigenvalue weighted by atomic mass is 10.1. The maximum atomic E-state index is 11.8. The molecule has 0 unspecified atom stereocenters. The first-order chi connectivity index (χ1) is 10.1. The van der Waals surface area contributed by atoms with E-state index in [1.807, 2.05) is 6.07 Å². The zero-order valence-electron chi connectivity index (χ0n) is 11.1. The minimum atomic E-state index is -1.14. The minimum Gasteiger partial charge on any atom is -0.506 e. The molecule has 0 spiro atoms. The third kappa shape index (κ3) is 4.04. The number of phenolic OH excluding ortho intramolecular Hbond substituents is 1. The number of amides is 1. The van der Waals surface area contributed by atoms with Crippen LogP contribution in [0.2, 0.25) is 0 Å². The molecule has 0 fully saturated rings. The van der Waals surface area contributed by atoms with Gasteiger partial charge in [0.2, 0.25) is 5.91 Å². The quantitative estimate of drug-likeness (QED) is 0.730. The highest BCUT2D eigenvalue weighted by Crippen LogP contribution is 2.24. The SMILES string of the molecule is O=C(CCc1cccnc1)Nc1ccc(C(=O)O)cc1O. The van der Waals surface area contributed by atoms with Gasteiger partial charge in [-0.25, -0.2) is 4.79 Å². The molecule has 0 saturated heterocycles. The van der Waals surface area contributed by atoms with Gasteiger partial charge in [0.1, 0.15) is 5.75 Å². The summed E-state index contributed by atoms with van der Waals surface area (Å²) in [5.41, 5.74) is 1.09. The predicted octanol–water partition coefficient (Wildman–Crippen LogP) is 2.06. The van der Waals surface area contributed by atoms with E-state index >= 15 is 0 Å². The molecule has 0 aliphatic heterocycles. The Kier molecular flexibility index (Phi) is 4.50. The summed E-state index contributed by atoms with van der Waals surface area (Å²) >= 11 is 0. The van der Waals surface area contributed by atoms with Crippen LogP contribution in [0.4, 0.5) is 5.69 Å². The lowest BCUT2D eigenvalue weighted by Crippen LogP contribution is -2.12. The van der Waals surface area contributed by atoms with Crippen molar-refractivity contribution in [3.8, 4) is 5.75 Å². The normalized spacial score (nSPS) is 10.1. The lowest BCUT2D eigenvalue weighted by Gasteiger charge is -2.08. The molecule has 0 aliphatic rings. The number of rotatable bonds is 5. The Hall–Kier alpha value is -2.89. The number of anilines is 1. The molecule has 0 aliphatic carbocycles. The molecule has 1 aromatic carbocycles. The van der Waals surface area contributed by atoms with Gasteiger partial charge in [-0.2, -0.15) is 0 Å². The number of aromatic carboxylic acids is 1. The fourth-order valence-electron chi connectivity index (χ4n) is 1.79. The average molecular weight is 286 g/mol. The van der Waals surface area contributed by atoms with Gasteiger partial charge < -0.3 is 15.5 Å². The number of aromatic nitrogens is 1. The number of carboxylic acid groups (broad SMARTS) is 1. The summed E-state index contributed by atoms with van der Waals surface area (Å²) in [7, 11) is 0. The number of aromatic hydroxyl groups is 1. The standard InChI is InChI=1S/C15H14N2O4/c18-13-8-11(15(20)21)4-5-12(13)17-14(19)6-3-10-2-1-7-16-9-10/h1-2,4-5,7-9,18H,3,6H2,(H,17,19)(H,20,21). The smallest absolute Gasteiger partial charge is 0.335 e. The summed E-state index contributed by atoms with van der Waals surface area (Å²) in [6.45, 7) is 0. The van der Waals surface area contributed by atoms with Crippen LogP contribution in [-0.4, -0.2) is 27.1 Å². The molecule has 2 aromatic rings. The molecule has 1 amide bonds. The molecule has 0 bridgehead atoms. The first kappa shape index (κ1) is 14.5. The Morgan fingerprint density at radius 1 is 1.24 bits per heavy atom. The first-order valence-corrected chi connectivity index (χ1v) is 6.31. The third-order valence-electron chi connectivity index (χ3n) is 2.88. The molecule has 2 rings (SSSR count). The number of carboxylic acids is 1. The summed E-state index contributed by atoms with van der Waals surface area (Å²) < 4.78 is 0. The third-order valence-corrected chi connectivity index (χ3v) is 2.88. The van der Waals surface area contributed by atoms with Crippen molar-refractivity contribution in [3.63, 3.8) is 0 Å². The lowest BCUT2D eigenvalue weighted by molar-refractivity contribution is -0.116. The zero-order valence-corrected chi connectivity index (χ0v) is 11.1. The number of aryl methyl sites for hydroxylation is 1. The fraction of sp³-hybridized carbons (Fsp3) is 0.133. The number of carbonyl (C=O) groups excluding carboxylic acids is 1. The van der Waals surface area contributed by atoms with Crippen molar-refractivity contribution in [2.75, 3.05) is 5.32 Å². The van der Waals surface area contributed by atoms with Crippen LogP contribution in [0.15, 0.2) is 42.7 Å². The number of hydrogen-bond acceptors (Lipinski definition) is 4. The van der Waals surface area contributed by atoms with E-state index in [0.717, 1.165) is 11.6 Å². The van der Waals surface area contributed by atoms with E-state index < -0.39 is 5.97 Å². The second kappa shape index (κ2) is 6.51. The molecule has 1 aromatic heterocycles. The number of carbonyl (C=O) groups is 2. The molecule has 6 nitrogen and oxygen atoms in total. The molecule has 0 atom stereocenters. The van der Waals surface area contributed by atoms with Crippen LogP contribution in [0.1, 0.15) is 22.3 Å². The number of pyridine rings is 1. The molecule has 1 heterocycles. The molecule has 6 heteroatoms. The van der Waals surface area contributed by atoms with Crippen molar-refractivity contribution in [1.29, 1.82) is 0 Å². The van der Waals surface area contributed by atoms with Gasteiger partial charge in [-0.05, 0) is 36.2 Å². The second-order valence-electron chi connectivity index (χ2n) is 4.45. The van der Waals surface area contributed by atoms with Gasteiger partial charge in [0.15, 0.2) is 0 Å². The average Bonchev–Trinajstić information content (AvgIpc) is 2.48. The van der Waals surface area contributed by atoms with Crippen LogP contribution < -0.4 is 5.32 Å². The summed E-state index contributed by atoms with van der Waals surface area (Å²) in [5, 5.41) is 21.0. The molecule has 0 radical (unpaired) electrons. The Labute approximate surface area is 121 Å². The number of benzene rings is 1. The fourth-order valence-corrected chi connectivity index (χ4v) is 1.79. The van der Waals surface area contributed by atoms with Gasteiger partial charge >= 0.3 is 5.97 Å². The van der Waals surface area contributed by atoms with Crippen LogP contribution >= 0.6 is 0 Å². The number of nitrogens with zero attached hydrogens (tertiary/aromatic N) is 1. The van der Waals surface area contributed by atoms with Crippen LogP contribution in [-0.2, 0) is 11.2 Å². The van der Waals surface area contributed by atoms with Crippen molar-refractivity contribution in [2.24, 2.45) is 0 Å². The van der Waals surface area contributed by atoms with Crippen molar-refractivity contribution >= 4 is 17.6 Å². The van der Waals surface area contributed by atoms with Crippen molar-refractivity contribution in [1.82, 2.24) is 4.98 Å². The van der Waals surface area contributed by atoms with Gasteiger partial charge in [-0.3, -0.25) is 9.78 Å². The highest BCUT2D eigenvalue weighted by atomic mass is 16.4. The summed E-state index contributed by atoms with van der Waals surface area (Å²) in [4.78, 5) is 26.5. The summed E-state index contributed by atoms with van der Waals surface area (Å²) in [5.74, 6) is -1.68. The molecule has 108 valence electrons. The highest BCUT2D eigenvalue weighted by molar-refractivity contribution is 5.94. The number of phenols is 1. The van der Waals surface area contributed by atoms with Gasteiger partial charge in [0.05, 0.1) is 11.3 Å². The van der Waals surface area contributed by atoms with Gasteiger partial charge in [0, 0.05) is 18.8 Å². The molecular weight excluding hydrogens is 272 g/mol. The highest BCUT2D eigenvalue weighted by Gasteiger charge is 2.10. The van der Waals surface area contributed by atoms with E-state index in [4.69, 9.17) is 5.11 Å². The molecule has 0 saturated carbocycles. The molecule has 3 N–H and O–H groups in total. The van der Waals surface area contributed by atoms with Crippen molar-refractivity contribution in [3.05, 3.63) is 53.9 Å². The van der Waals surface area contributed by atoms with E-state index in [0.29, 0.717) is 6.42 Å². The van der Waals surface area contributed by atoms with Gasteiger partial charge in [-0.15, -0.1) is 0 Å². The second-order valence-corrected chi connectivity index (χ2v) is 4.45. The zero-order chi connectivity index (χ0) is 15.2. The Morgan fingerprint density at radius 2 is 2.05 bits per heavy atom. The minimum absolute atomic E-state index is 0.0409. The topological polar surface area (TPSA) is 99.5 Å². The molecular formula is C15H14N2O4. The first-order valence-electron chi connectivity index (χ1n) is 6.31. The monoisotopic (exact) mass is 286 g/mol. The maximum Gasteiger partial charge on any atom is 0.335 e. The number of nitrogens with one attached hydrogen (secondary N) is 1. The molecule has 21 heavy (non-hydrogen) atoms. The van der Waals surface area contributed by atoms with E-state index in [2.05, 4.69) is 10.3 Å². The van der Waals surface area contributed by atoms with E-state index in [9.17, 15) is 14.7 Å².